The molecule has 0 fully saturated rings. The van der Waals surface area contributed by atoms with Gasteiger partial charge in [-0.1, -0.05) is 36.5 Å². The molecule has 0 aromatic rings. The van der Waals surface area contributed by atoms with Crippen LogP contribution in [0, 0.1) is 0 Å². The molecule has 0 unspecified atom stereocenters. The van der Waals surface area contributed by atoms with E-state index in [-0.39, 0.29) is 0 Å². The minimum Gasteiger partial charge on any atom is -0.0991 e. The van der Waals surface area contributed by atoms with Gasteiger partial charge in [0.15, 0.2) is 0 Å². The molecular formula is C12H18. The van der Waals surface area contributed by atoms with Crippen LogP contribution in [0.2, 0.25) is 0 Å². The second kappa shape index (κ2) is 4.76. The number of allylic oxidation sites excluding steroid dienone is 6. The summed E-state index contributed by atoms with van der Waals surface area (Å²) < 4.78 is 0. The molecule has 0 amide bonds. The minimum atomic E-state index is 1.12. The molecule has 0 heteroatoms. The zero-order valence-corrected chi connectivity index (χ0v) is 8.57. The number of rotatable bonds is 3. The Kier molecular flexibility index (Phi) is 4.35. The molecule has 0 aliphatic heterocycles. The van der Waals surface area contributed by atoms with E-state index in [1.165, 1.54) is 16.7 Å². The molecule has 0 heterocycles. The van der Waals surface area contributed by atoms with Gasteiger partial charge in [0.05, 0.1) is 0 Å². The van der Waals surface area contributed by atoms with Crippen molar-refractivity contribution in [2.45, 2.75) is 27.7 Å². The first-order valence-electron chi connectivity index (χ1n) is 4.13. The fourth-order valence-corrected chi connectivity index (χ4v) is 1.42. The highest BCUT2D eigenvalue weighted by Crippen LogP contribution is 2.21. The van der Waals surface area contributed by atoms with E-state index < -0.39 is 0 Å². The predicted molar refractivity (Wildman–Crippen MR) is 57.1 cm³/mol. The van der Waals surface area contributed by atoms with Gasteiger partial charge in [-0.3, -0.25) is 0 Å². The monoisotopic (exact) mass is 162 g/mol. The molecule has 0 aromatic heterocycles. The third-order valence-electron chi connectivity index (χ3n) is 1.69. The van der Waals surface area contributed by atoms with E-state index in [2.05, 4.69) is 33.9 Å². The van der Waals surface area contributed by atoms with Crippen molar-refractivity contribution in [1.82, 2.24) is 0 Å². The van der Waals surface area contributed by atoms with Crippen LogP contribution >= 0.6 is 0 Å². The van der Waals surface area contributed by atoms with Crippen LogP contribution in [0.1, 0.15) is 27.7 Å². The molecule has 0 saturated heterocycles. The third kappa shape index (κ3) is 2.91. The Bertz CT molecular complexity index is 245. The predicted octanol–water partition coefficient (Wildman–Crippen LogP) is 4.03. The number of hydrogen-bond donors (Lipinski definition) is 0. The summed E-state index contributed by atoms with van der Waals surface area (Å²) in [6, 6.07) is 0. The second-order valence-electron chi connectivity index (χ2n) is 3.24. The van der Waals surface area contributed by atoms with Crippen molar-refractivity contribution < 1.29 is 0 Å². The van der Waals surface area contributed by atoms with Crippen LogP contribution in [0.25, 0.3) is 0 Å². The zero-order chi connectivity index (χ0) is 9.72. The van der Waals surface area contributed by atoms with Gasteiger partial charge in [0.25, 0.3) is 0 Å². The molecule has 0 bridgehead atoms. The summed E-state index contributed by atoms with van der Waals surface area (Å²) in [6.07, 6.45) is 3.82. The minimum absolute atomic E-state index is 1.12. The Morgan fingerprint density at radius 2 is 1.58 bits per heavy atom. The summed E-state index contributed by atoms with van der Waals surface area (Å²) in [4.78, 5) is 0. The molecule has 66 valence electrons. The van der Waals surface area contributed by atoms with Crippen molar-refractivity contribution in [2.75, 3.05) is 0 Å². The van der Waals surface area contributed by atoms with Gasteiger partial charge in [0.1, 0.15) is 0 Å². The third-order valence-corrected chi connectivity index (χ3v) is 1.69. The van der Waals surface area contributed by atoms with Crippen LogP contribution < -0.4 is 0 Å². The highest BCUT2D eigenvalue weighted by atomic mass is 14.1. The quantitative estimate of drug-likeness (QED) is 0.549. The first kappa shape index (κ1) is 11.0. The molecule has 0 aliphatic rings. The molecule has 0 aromatic carbocycles. The summed E-state index contributed by atoms with van der Waals surface area (Å²) in [5.74, 6) is 0. The Labute approximate surface area is 76.0 Å². The van der Waals surface area contributed by atoms with E-state index in [1.54, 1.807) is 6.08 Å². The molecule has 0 nitrogen and oxygen atoms in total. The van der Waals surface area contributed by atoms with E-state index in [0.717, 1.165) is 5.57 Å². The molecule has 0 spiro atoms. The molecule has 0 atom stereocenters. The average molecular weight is 162 g/mol. The van der Waals surface area contributed by atoms with Crippen molar-refractivity contribution in [3.8, 4) is 0 Å². The van der Waals surface area contributed by atoms with Gasteiger partial charge in [-0.25, -0.2) is 0 Å². The molecule has 12 heavy (non-hydrogen) atoms. The van der Waals surface area contributed by atoms with E-state index in [4.69, 9.17) is 0 Å². The van der Waals surface area contributed by atoms with E-state index in [9.17, 15) is 0 Å². The van der Waals surface area contributed by atoms with Crippen molar-refractivity contribution in [1.29, 1.82) is 0 Å². The van der Waals surface area contributed by atoms with E-state index in [0.29, 0.717) is 0 Å². The Hall–Kier alpha value is -1.04. The lowest BCUT2D eigenvalue weighted by Crippen LogP contribution is -1.89. The lowest BCUT2D eigenvalue weighted by Gasteiger charge is -2.09. The summed E-state index contributed by atoms with van der Waals surface area (Å²) in [5.41, 5.74) is 4.91. The lowest BCUT2D eigenvalue weighted by molar-refractivity contribution is 1.23. The van der Waals surface area contributed by atoms with Gasteiger partial charge >= 0.3 is 0 Å². The highest BCUT2D eigenvalue weighted by Gasteiger charge is 2.01. The maximum atomic E-state index is 3.95. The Morgan fingerprint density at radius 3 is 1.83 bits per heavy atom. The van der Waals surface area contributed by atoms with E-state index in [1.807, 2.05) is 13.0 Å². The first-order chi connectivity index (χ1) is 5.50. The van der Waals surface area contributed by atoms with E-state index >= 15 is 0 Å². The van der Waals surface area contributed by atoms with Crippen LogP contribution in [-0.2, 0) is 0 Å². The van der Waals surface area contributed by atoms with Gasteiger partial charge in [-0.2, -0.15) is 0 Å². The lowest BCUT2D eigenvalue weighted by atomic mass is 9.97. The zero-order valence-electron chi connectivity index (χ0n) is 8.57. The maximum Gasteiger partial charge on any atom is -0.0217 e. The highest BCUT2D eigenvalue weighted by molar-refractivity contribution is 5.46. The number of hydrogen-bond acceptors (Lipinski definition) is 0. The Balaban J connectivity index is 5.04. The standard InChI is InChI=1S/C12H18/c1-7-8-11(6)12(9(2)3)10(4)5/h7-8H,1-2H2,3-6H3/b11-8+. The van der Waals surface area contributed by atoms with Crippen molar-refractivity contribution in [3.05, 3.63) is 47.6 Å². The van der Waals surface area contributed by atoms with Crippen molar-refractivity contribution >= 4 is 0 Å². The van der Waals surface area contributed by atoms with Gasteiger partial charge in [-0.05, 0) is 38.8 Å². The summed E-state index contributed by atoms with van der Waals surface area (Å²) in [7, 11) is 0. The molecule has 0 N–H and O–H groups in total. The fourth-order valence-electron chi connectivity index (χ4n) is 1.42. The molecule has 0 saturated carbocycles. The summed E-state index contributed by atoms with van der Waals surface area (Å²) in [6.45, 7) is 15.9. The topological polar surface area (TPSA) is 0 Å². The van der Waals surface area contributed by atoms with Crippen LogP contribution in [0.5, 0.6) is 0 Å². The van der Waals surface area contributed by atoms with Crippen LogP contribution in [0.4, 0.5) is 0 Å². The van der Waals surface area contributed by atoms with Crippen molar-refractivity contribution in [3.63, 3.8) is 0 Å². The smallest absolute Gasteiger partial charge is 0.0217 e. The Morgan fingerprint density at radius 1 is 1.08 bits per heavy atom. The van der Waals surface area contributed by atoms with Gasteiger partial charge in [-0.15, -0.1) is 0 Å². The second-order valence-corrected chi connectivity index (χ2v) is 3.24. The van der Waals surface area contributed by atoms with Crippen LogP contribution in [0.15, 0.2) is 47.6 Å². The molecular weight excluding hydrogens is 144 g/mol. The largest absolute Gasteiger partial charge is 0.0991 e. The molecule has 0 aliphatic carbocycles. The fraction of sp³-hybridized carbons (Fsp3) is 0.333. The normalized spacial score (nSPS) is 10.8. The van der Waals surface area contributed by atoms with Gasteiger partial charge < -0.3 is 0 Å². The summed E-state index contributed by atoms with van der Waals surface area (Å²) >= 11 is 0. The van der Waals surface area contributed by atoms with Gasteiger partial charge in [0.2, 0.25) is 0 Å². The van der Waals surface area contributed by atoms with Crippen LogP contribution in [0.3, 0.4) is 0 Å². The maximum absolute atomic E-state index is 3.95. The summed E-state index contributed by atoms with van der Waals surface area (Å²) in [5, 5.41) is 0. The first-order valence-corrected chi connectivity index (χ1v) is 4.13. The average Bonchev–Trinajstić information content (AvgIpc) is 1.85. The molecule has 0 rings (SSSR count). The van der Waals surface area contributed by atoms with Gasteiger partial charge in [0, 0.05) is 0 Å². The van der Waals surface area contributed by atoms with Crippen LogP contribution in [-0.4, -0.2) is 0 Å². The van der Waals surface area contributed by atoms with Crippen molar-refractivity contribution in [2.24, 2.45) is 0 Å². The molecule has 0 radical (unpaired) electrons. The SMILES string of the molecule is C=C/C=C(\C)C(C(=C)C)=C(C)C.